The molecule has 0 bridgehead atoms. The lowest BCUT2D eigenvalue weighted by atomic mass is 10.0. The minimum absolute atomic E-state index is 0.0873. The van der Waals surface area contributed by atoms with Crippen molar-refractivity contribution in [1.29, 1.82) is 0 Å². The standard InChI is InChI=1S/C24H25ClFN5O4/c1-33-23-16(25)8-13(26)9-18(23)31-22-20-17(3-5-29-24(20)32)30-21(22)15-2-4-27-11-19(15)35-12-14-10-28-6-7-34-14/h2,4,8-9,11,14,28,30-31H,3,5-7,10,12H2,1H3,(H,29,32). The largest absolute Gasteiger partial charge is 0.493 e. The molecule has 0 saturated carbocycles. The molecule has 2 aliphatic heterocycles. The van der Waals surface area contributed by atoms with Gasteiger partial charge in [-0.1, -0.05) is 11.6 Å². The van der Waals surface area contributed by atoms with Crippen LogP contribution < -0.4 is 25.4 Å². The normalized spacial score (nSPS) is 17.5. The number of morpholine rings is 1. The molecule has 4 heterocycles. The average Bonchev–Trinajstić information content (AvgIpc) is 3.22. The van der Waals surface area contributed by atoms with E-state index in [1.165, 1.54) is 19.2 Å². The highest BCUT2D eigenvalue weighted by molar-refractivity contribution is 6.32. The highest BCUT2D eigenvalue weighted by Gasteiger charge is 2.29. The Hall–Kier alpha value is -3.34. The van der Waals surface area contributed by atoms with Gasteiger partial charge >= 0.3 is 0 Å². The van der Waals surface area contributed by atoms with Crippen molar-refractivity contribution in [2.24, 2.45) is 0 Å². The summed E-state index contributed by atoms with van der Waals surface area (Å²) in [6.07, 6.45) is 3.79. The number of hydrogen-bond donors (Lipinski definition) is 4. The Morgan fingerprint density at radius 2 is 2.23 bits per heavy atom. The molecule has 5 rings (SSSR count). The van der Waals surface area contributed by atoms with E-state index in [2.05, 4.69) is 25.9 Å². The Morgan fingerprint density at radius 3 is 3.03 bits per heavy atom. The molecule has 3 aromatic rings. The number of halogens is 2. The lowest BCUT2D eigenvalue weighted by Gasteiger charge is -2.24. The summed E-state index contributed by atoms with van der Waals surface area (Å²) in [6.45, 7) is 2.97. The molecule has 2 aliphatic rings. The highest BCUT2D eigenvalue weighted by Crippen LogP contribution is 2.43. The fourth-order valence-electron chi connectivity index (χ4n) is 4.31. The Balaban J connectivity index is 1.57. The summed E-state index contributed by atoms with van der Waals surface area (Å²) in [5.41, 5.74) is 3.25. The predicted molar refractivity (Wildman–Crippen MR) is 129 cm³/mol. The first-order valence-electron chi connectivity index (χ1n) is 11.3. The van der Waals surface area contributed by atoms with Gasteiger partial charge in [-0.2, -0.15) is 0 Å². The number of fused-ring (bicyclic) bond motifs is 1. The van der Waals surface area contributed by atoms with Gasteiger partial charge in [0, 0.05) is 49.6 Å². The molecule has 1 saturated heterocycles. The second kappa shape index (κ2) is 10.1. The topological polar surface area (TPSA) is 110 Å². The third-order valence-electron chi connectivity index (χ3n) is 5.92. The van der Waals surface area contributed by atoms with Gasteiger partial charge in [-0.05, 0) is 12.1 Å². The van der Waals surface area contributed by atoms with E-state index >= 15 is 0 Å². The van der Waals surface area contributed by atoms with Gasteiger partial charge in [0.1, 0.15) is 24.3 Å². The van der Waals surface area contributed by atoms with E-state index in [4.69, 9.17) is 25.8 Å². The quantitative estimate of drug-likeness (QED) is 0.393. The van der Waals surface area contributed by atoms with Crippen LogP contribution in [0, 0.1) is 5.82 Å². The summed E-state index contributed by atoms with van der Waals surface area (Å²) >= 11 is 6.21. The van der Waals surface area contributed by atoms with E-state index in [-0.39, 0.29) is 28.5 Å². The number of rotatable bonds is 7. The van der Waals surface area contributed by atoms with E-state index in [0.29, 0.717) is 61.0 Å². The lowest BCUT2D eigenvalue weighted by Crippen LogP contribution is -2.41. The first kappa shape index (κ1) is 23.4. The van der Waals surface area contributed by atoms with Gasteiger partial charge in [0.05, 0.1) is 47.6 Å². The molecular formula is C24H25ClFN5O4. The number of nitrogens with zero attached hydrogens (tertiary/aromatic N) is 1. The van der Waals surface area contributed by atoms with Gasteiger partial charge in [-0.3, -0.25) is 9.78 Å². The zero-order valence-electron chi connectivity index (χ0n) is 19.0. The Morgan fingerprint density at radius 1 is 1.34 bits per heavy atom. The van der Waals surface area contributed by atoms with Gasteiger partial charge in [0.15, 0.2) is 5.75 Å². The van der Waals surface area contributed by atoms with Crippen molar-refractivity contribution < 1.29 is 23.4 Å². The number of nitrogens with one attached hydrogen (secondary N) is 4. The maximum atomic E-state index is 14.2. The molecule has 4 N–H and O–H groups in total. The van der Waals surface area contributed by atoms with Gasteiger partial charge in [0.25, 0.3) is 5.91 Å². The fourth-order valence-corrected chi connectivity index (χ4v) is 4.60. The molecule has 0 radical (unpaired) electrons. The summed E-state index contributed by atoms with van der Waals surface area (Å²) in [7, 11) is 1.45. The molecule has 1 atom stereocenters. The maximum absolute atomic E-state index is 14.2. The van der Waals surface area contributed by atoms with Gasteiger partial charge in [-0.15, -0.1) is 0 Å². The van der Waals surface area contributed by atoms with Crippen LogP contribution in [0.1, 0.15) is 16.1 Å². The summed E-state index contributed by atoms with van der Waals surface area (Å²) in [5.74, 6) is 0.00459. The Kier molecular flexibility index (Phi) is 6.76. The Bertz CT molecular complexity index is 1240. The van der Waals surface area contributed by atoms with Gasteiger partial charge in [-0.25, -0.2) is 4.39 Å². The van der Waals surface area contributed by atoms with E-state index in [1.54, 1.807) is 18.5 Å². The van der Waals surface area contributed by atoms with Gasteiger partial charge in [0.2, 0.25) is 0 Å². The summed E-state index contributed by atoms with van der Waals surface area (Å²) in [5, 5.41) is 9.44. The van der Waals surface area contributed by atoms with Crippen molar-refractivity contribution in [2.45, 2.75) is 12.5 Å². The molecule has 35 heavy (non-hydrogen) atoms. The van der Waals surface area contributed by atoms with Crippen LogP contribution in [0.2, 0.25) is 5.02 Å². The summed E-state index contributed by atoms with van der Waals surface area (Å²) in [6, 6.07) is 4.24. The van der Waals surface area contributed by atoms with Crippen LogP contribution in [0.5, 0.6) is 11.5 Å². The molecule has 9 nitrogen and oxygen atoms in total. The number of aromatic nitrogens is 2. The van der Waals surface area contributed by atoms with Gasteiger partial charge < -0.3 is 35.1 Å². The van der Waals surface area contributed by atoms with E-state index in [1.807, 2.05) is 0 Å². The molecule has 1 aromatic carbocycles. The number of amides is 1. The van der Waals surface area contributed by atoms with Crippen LogP contribution in [-0.2, 0) is 11.2 Å². The van der Waals surface area contributed by atoms with Crippen molar-refractivity contribution in [1.82, 2.24) is 20.6 Å². The number of hydrogen-bond acceptors (Lipinski definition) is 7. The minimum Gasteiger partial charge on any atom is -0.493 e. The zero-order chi connectivity index (χ0) is 24.4. The van der Waals surface area contributed by atoms with Crippen LogP contribution >= 0.6 is 11.6 Å². The zero-order valence-corrected chi connectivity index (χ0v) is 19.8. The minimum atomic E-state index is -0.539. The van der Waals surface area contributed by atoms with Crippen LogP contribution in [-0.4, -0.2) is 61.9 Å². The second-order valence-corrected chi connectivity index (χ2v) is 8.61. The number of pyridine rings is 1. The average molecular weight is 502 g/mol. The van der Waals surface area contributed by atoms with Crippen molar-refractivity contribution >= 4 is 28.9 Å². The number of carbonyl (C=O) groups excluding carboxylic acids is 1. The third-order valence-corrected chi connectivity index (χ3v) is 6.20. The number of carbonyl (C=O) groups is 1. The number of aromatic amines is 1. The first-order chi connectivity index (χ1) is 17.0. The highest BCUT2D eigenvalue weighted by atomic mass is 35.5. The van der Waals surface area contributed by atoms with Crippen molar-refractivity contribution in [2.75, 3.05) is 45.3 Å². The smallest absolute Gasteiger partial charge is 0.255 e. The monoisotopic (exact) mass is 501 g/mol. The predicted octanol–water partition coefficient (Wildman–Crippen LogP) is 3.27. The summed E-state index contributed by atoms with van der Waals surface area (Å²) in [4.78, 5) is 20.5. The first-order valence-corrected chi connectivity index (χ1v) is 11.7. The van der Waals surface area contributed by atoms with E-state index in [0.717, 1.165) is 12.2 Å². The summed E-state index contributed by atoms with van der Waals surface area (Å²) < 4.78 is 31.5. The molecule has 11 heteroatoms. The molecule has 2 aromatic heterocycles. The number of anilines is 2. The Labute approximate surface area is 206 Å². The maximum Gasteiger partial charge on any atom is 0.255 e. The van der Waals surface area contributed by atoms with E-state index < -0.39 is 5.82 Å². The fraction of sp³-hybridized carbons (Fsp3) is 0.333. The number of benzene rings is 1. The van der Waals surface area contributed by atoms with Crippen LogP contribution in [0.3, 0.4) is 0 Å². The molecule has 184 valence electrons. The van der Waals surface area contributed by atoms with Crippen LogP contribution in [0.4, 0.5) is 15.8 Å². The molecular weight excluding hydrogens is 477 g/mol. The number of methoxy groups -OCH3 is 1. The molecule has 1 amide bonds. The lowest BCUT2D eigenvalue weighted by molar-refractivity contribution is 0.000245. The molecule has 0 aliphatic carbocycles. The van der Waals surface area contributed by atoms with Crippen molar-refractivity contribution in [3.8, 4) is 22.8 Å². The molecule has 1 unspecified atom stereocenters. The second-order valence-electron chi connectivity index (χ2n) is 8.21. The number of ether oxygens (including phenoxy) is 3. The molecule has 1 fully saturated rings. The number of H-pyrrole nitrogens is 1. The SMILES string of the molecule is COc1c(Cl)cc(F)cc1Nc1c(-c2ccncc2OCC2CNCCO2)[nH]c2c1C(=O)NCC2. The van der Waals surface area contributed by atoms with Crippen LogP contribution in [0.25, 0.3) is 11.3 Å². The van der Waals surface area contributed by atoms with Crippen LogP contribution in [0.15, 0.2) is 30.6 Å². The third kappa shape index (κ3) is 4.77. The van der Waals surface area contributed by atoms with Crippen molar-refractivity contribution in [3.05, 3.63) is 52.7 Å². The van der Waals surface area contributed by atoms with Crippen molar-refractivity contribution in [3.63, 3.8) is 0 Å². The molecule has 0 spiro atoms. The van der Waals surface area contributed by atoms with E-state index in [9.17, 15) is 9.18 Å².